The van der Waals surface area contributed by atoms with Crippen LogP contribution in [0.15, 0.2) is 12.1 Å². The predicted molar refractivity (Wildman–Crippen MR) is 46.8 cm³/mol. The summed E-state index contributed by atoms with van der Waals surface area (Å²) >= 11 is 0. The van der Waals surface area contributed by atoms with Gasteiger partial charge >= 0.3 is 0 Å². The van der Waals surface area contributed by atoms with Crippen LogP contribution < -0.4 is 11.1 Å². The van der Waals surface area contributed by atoms with Crippen molar-refractivity contribution in [2.45, 2.75) is 0 Å². The second-order valence-electron chi connectivity index (χ2n) is 2.26. The number of nitrogen functional groups attached to an aromatic ring is 1. The lowest BCUT2D eigenvalue weighted by molar-refractivity contribution is 0.210. The molecular weight excluding hydrogens is 156 g/mol. The molecule has 0 aromatic carbocycles. The number of aromatic nitrogens is 2. The fraction of sp³-hybridized carbons (Fsp3) is 0.429. The molecule has 1 heterocycles. The SMILES string of the molecule is COCCNc1ccc(N)nn1. The molecule has 5 heteroatoms. The maximum atomic E-state index is 5.36. The Labute approximate surface area is 70.9 Å². The van der Waals surface area contributed by atoms with E-state index < -0.39 is 0 Å². The highest BCUT2D eigenvalue weighted by molar-refractivity contribution is 5.38. The molecule has 66 valence electrons. The lowest BCUT2D eigenvalue weighted by Gasteiger charge is -2.02. The van der Waals surface area contributed by atoms with Crippen LogP contribution >= 0.6 is 0 Å². The van der Waals surface area contributed by atoms with Gasteiger partial charge in [-0.25, -0.2) is 0 Å². The molecule has 0 aliphatic carbocycles. The van der Waals surface area contributed by atoms with Crippen molar-refractivity contribution in [3.05, 3.63) is 12.1 Å². The highest BCUT2D eigenvalue weighted by Gasteiger charge is 1.92. The third-order valence-electron chi connectivity index (χ3n) is 1.30. The van der Waals surface area contributed by atoms with E-state index in [9.17, 15) is 0 Å². The van der Waals surface area contributed by atoms with Crippen molar-refractivity contribution in [2.24, 2.45) is 0 Å². The fourth-order valence-electron chi connectivity index (χ4n) is 0.718. The Hall–Kier alpha value is -1.36. The third kappa shape index (κ3) is 2.71. The van der Waals surface area contributed by atoms with Crippen LogP contribution in [0.2, 0.25) is 0 Å². The molecule has 0 saturated heterocycles. The molecule has 1 rings (SSSR count). The number of ether oxygens (including phenoxy) is 1. The summed E-state index contributed by atoms with van der Waals surface area (Å²) in [5, 5.41) is 10.5. The maximum Gasteiger partial charge on any atom is 0.148 e. The van der Waals surface area contributed by atoms with Gasteiger partial charge in [-0.3, -0.25) is 0 Å². The molecule has 1 aromatic rings. The Morgan fingerprint density at radius 2 is 2.33 bits per heavy atom. The number of anilines is 2. The zero-order chi connectivity index (χ0) is 8.81. The number of hydrogen-bond donors (Lipinski definition) is 2. The first kappa shape index (κ1) is 8.73. The molecule has 0 aliphatic heterocycles. The number of nitrogens with zero attached hydrogens (tertiary/aromatic N) is 2. The molecule has 0 aliphatic rings. The van der Waals surface area contributed by atoms with Crippen LogP contribution in [0.25, 0.3) is 0 Å². The summed E-state index contributed by atoms with van der Waals surface area (Å²) < 4.78 is 4.85. The summed E-state index contributed by atoms with van der Waals surface area (Å²) in [6, 6.07) is 3.47. The van der Waals surface area contributed by atoms with Gasteiger partial charge < -0.3 is 15.8 Å². The minimum Gasteiger partial charge on any atom is -0.383 e. The second kappa shape index (κ2) is 4.50. The Balaban J connectivity index is 2.37. The van der Waals surface area contributed by atoms with Crippen LogP contribution in [0, 0.1) is 0 Å². The van der Waals surface area contributed by atoms with Crippen LogP contribution in [0.1, 0.15) is 0 Å². The van der Waals surface area contributed by atoms with Gasteiger partial charge in [-0.2, -0.15) is 0 Å². The van der Waals surface area contributed by atoms with Crippen LogP contribution in [0.5, 0.6) is 0 Å². The smallest absolute Gasteiger partial charge is 0.148 e. The summed E-state index contributed by atoms with van der Waals surface area (Å²) in [4.78, 5) is 0. The standard InChI is InChI=1S/C7H12N4O/c1-12-5-4-9-7-3-2-6(8)10-11-7/h2-3H,4-5H2,1H3,(H2,8,10)(H,9,11). The molecular formula is C7H12N4O. The predicted octanol–water partition coefficient (Wildman–Crippen LogP) is 0.117. The van der Waals surface area contributed by atoms with Crippen molar-refractivity contribution < 1.29 is 4.74 Å². The van der Waals surface area contributed by atoms with Gasteiger partial charge in [0, 0.05) is 13.7 Å². The molecule has 0 amide bonds. The first-order valence-electron chi connectivity index (χ1n) is 3.65. The second-order valence-corrected chi connectivity index (χ2v) is 2.26. The van der Waals surface area contributed by atoms with E-state index in [1.165, 1.54) is 0 Å². The Bertz CT molecular complexity index is 223. The van der Waals surface area contributed by atoms with Crippen LogP contribution in [-0.2, 0) is 4.74 Å². The van der Waals surface area contributed by atoms with Crippen molar-refractivity contribution in [3.63, 3.8) is 0 Å². The van der Waals surface area contributed by atoms with Crippen LogP contribution in [-0.4, -0.2) is 30.5 Å². The van der Waals surface area contributed by atoms with Gasteiger partial charge in [0.2, 0.25) is 0 Å². The third-order valence-corrected chi connectivity index (χ3v) is 1.30. The molecule has 0 saturated carbocycles. The van der Waals surface area contributed by atoms with Gasteiger partial charge in [-0.05, 0) is 12.1 Å². The highest BCUT2D eigenvalue weighted by atomic mass is 16.5. The first-order valence-corrected chi connectivity index (χ1v) is 3.65. The molecule has 0 radical (unpaired) electrons. The molecule has 5 nitrogen and oxygen atoms in total. The van der Waals surface area contributed by atoms with Crippen molar-refractivity contribution in [3.8, 4) is 0 Å². The molecule has 0 unspecified atom stereocenters. The molecule has 12 heavy (non-hydrogen) atoms. The van der Waals surface area contributed by atoms with Gasteiger partial charge in [0.25, 0.3) is 0 Å². The number of rotatable bonds is 4. The number of nitrogens with two attached hydrogens (primary N) is 1. The summed E-state index contributed by atoms with van der Waals surface area (Å²) in [7, 11) is 1.65. The quantitative estimate of drug-likeness (QED) is 0.624. The molecule has 1 aromatic heterocycles. The number of methoxy groups -OCH3 is 1. The zero-order valence-corrected chi connectivity index (χ0v) is 6.95. The van der Waals surface area contributed by atoms with Gasteiger partial charge in [0.05, 0.1) is 6.61 Å². The zero-order valence-electron chi connectivity index (χ0n) is 6.95. The van der Waals surface area contributed by atoms with Crippen LogP contribution in [0.4, 0.5) is 11.6 Å². The Kier molecular flexibility index (Phi) is 3.28. The molecule has 0 atom stereocenters. The Morgan fingerprint density at radius 3 is 2.92 bits per heavy atom. The van der Waals surface area contributed by atoms with E-state index >= 15 is 0 Å². The normalized spacial score (nSPS) is 9.75. The largest absolute Gasteiger partial charge is 0.383 e. The van der Waals surface area contributed by atoms with E-state index in [-0.39, 0.29) is 0 Å². The minimum atomic E-state index is 0.423. The van der Waals surface area contributed by atoms with E-state index in [2.05, 4.69) is 15.5 Å². The van der Waals surface area contributed by atoms with Gasteiger partial charge in [-0.15, -0.1) is 10.2 Å². The minimum absolute atomic E-state index is 0.423. The van der Waals surface area contributed by atoms with Crippen molar-refractivity contribution >= 4 is 11.6 Å². The molecule has 0 fully saturated rings. The lowest BCUT2D eigenvalue weighted by Crippen LogP contribution is -2.09. The summed E-state index contributed by atoms with van der Waals surface area (Å²) in [5.41, 5.74) is 5.36. The maximum absolute atomic E-state index is 5.36. The first-order chi connectivity index (χ1) is 5.83. The summed E-state index contributed by atoms with van der Waals surface area (Å²) in [5.74, 6) is 1.13. The molecule has 0 spiro atoms. The fourth-order valence-corrected chi connectivity index (χ4v) is 0.718. The Morgan fingerprint density at radius 1 is 1.50 bits per heavy atom. The van der Waals surface area contributed by atoms with E-state index in [4.69, 9.17) is 10.5 Å². The van der Waals surface area contributed by atoms with Crippen molar-refractivity contribution in [1.82, 2.24) is 10.2 Å². The number of hydrogen-bond acceptors (Lipinski definition) is 5. The molecule has 0 bridgehead atoms. The van der Waals surface area contributed by atoms with Crippen molar-refractivity contribution in [2.75, 3.05) is 31.3 Å². The average Bonchev–Trinajstić information content (AvgIpc) is 2.09. The summed E-state index contributed by atoms with van der Waals surface area (Å²) in [6.45, 7) is 1.36. The van der Waals surface area contributed by atoms with E-state index in [0.29, 0.717) is 18.2 Å². The summed E-state index contributed by atoms with van der Waals surface area (Å²) in [6.07, 6.45) is 0. The van der Waals surface area contributed by atoms with Crippen LogP contribution in [0.3, 0.4) is 0 Å². The monoisotopic (exact) mass is 168 g/mol. The van der Waals surface area contributed by atoms with Gasteiger partial charge in [-0.1, -0.05) is 0 Å². The van der Waals surface area contributed by atoms with E-state index in [1.807, 2.05) is 0 Å². The van der Waals surface area contributed by atoms with E-state index in [1.54, 1.807) is 19.2 Å². The highest BCUT2D eigenvalue weighted by Crippen LogP contribution is 2.01. The number of nitrogens with one attached hydrogen (secondary N) is 1. The van der Waals surface area contributed by atoms with E-state index in [0.717, 1.165) is 6.54 Å². The molecule has 3 N–H and O–H groups in total. The van der Waals surface area contributed by atoms with Gasteiger partial charge in [0.1, 0.15) is 11.6 Å². The van der Waals surface area contributed by atoms with Gasteiger partial charge in [0.15, 0.2) is 0 Å². The average molecular weight is 168 g/mol. The van der Waals surface area contributed by atoms with Crippen molar-refractivity contribution in [1.29, 1.82) is 0 Å². The lowest BCUT2D eigenvalue weighted by atomic mass is 10.5. The topological polar surface area (TPSA) is 73.1 Å².